The number of likely N-dealkylation sites (N-methyl/N-ethyl adjacent to an activating group) is 1. The number of fused-ring (bicyclic) bond motifs is 2. The molecule has 0 saturated carbocycles. The van der Waals surface area contributed by atoms with Crippen molar-refractivity contribution >= 4 is 44.4 Å². The van der Waals surface area contributed by atoms with Crippen molar-refractivity contribution in [2.24, 2.45) is 16.5 Å². The number of nitrogen functional groups attached to an aromatic ring is 1. The monoisotopic (exact) mass is 493 g/mol. The molecule has 0 saturated heterocycles. The number of unbranched alkanes of at least 4 members (excludes halogenated alkanes) is 1. The number of rotatable bonds is 9. The number of nitrogens with two attached hydrogens (primary N) is 3. The van der Waals surface area contributed by atoms with Crippen molar-refractivity contribution in [3.63, 3.8) is 0 Å². The number of sulfonamides is 1. The molecule has 8 N–H and O–H groups in total. The number of benzene rings is 2. The highest BCUT2D eigenvalue weighted by Crippen LogP contribution is 2.40. The molecule has 0 radical (unpaired) electrons. The Balaban J connectivity index is 1.48. The van der Waals surface area contributed by atoms with E-state index in [9.17, 15) is 8.42 Å². The van der Waals surface area contributed by atoms with Crippen LogP contribution >= 0.6 is 0 Å². The Hall–Kier alpha value is -3.92. The molecule has 0 bridgehead atoms. The lowest BCUT2D eigenvalue weighted by Gasteiger charge is -2.38. The van der Waals surface area contributed by atoms with E-state index in [1.807, 2.05) is 42.5 Å². The van der Waals surface area contributed by atoms with Gasteiger partial charge in [0, 0.05) is 47.5 Å². The van der Waals surface area contributed by atoms with E-state index in [0.29, 0.717) is 30.8 Å². The zero-order valence-electron chi connectivity index (χ0n) is 19.6. The van der Waals surface area contributed by atoms with Crippen molar-refractivity contribution in [3.05, 3.63) is 77.9 Å². The number of allylic oxidation sites excluding steroid dienone is 2. The first-order valence-corrected chi connectivity index (χ1v) is 13.0. The molecule has 1 heterocycles. The molecule has 2 aromatic carbocycles. The summed E-state index contributed by atoms with van der Waals surface area (Å²) in [5.74, 6) is 0.00775. The van der Waals surface area contributed by atoms with Crippen molar-refractivity contribution in [1.82, 2.24) is 0 Å². The first kappa shape index (κ1) is 24.2. The summed E-state index contributed by atoms with van der Waals surface area (Å²) in [6.45, 7) is 0.410. The minimum Gasteiger partial charge on any atom is -0.399 e. The smallest absolute Gasteiger partial charge is 0.232 e. The molecule has 2 aromatic rings. The molecular formula is C25H31N7O2S. The van der Waals surface area contributed by atoms with E-state index < -0.39 is 10.0 Å². The lowest BCUT2D eigenvalue weighted by molar-refractivity contribution is 0.597. The lowest BCUT2D eigenvalue weighted by Crippen LogP contribution is -2.37. The fourth-order valence-corrected chi connectivity index (χ4v) is 5.39. The predicted octanol–water partition coefficient (Wildman–Crippen LogP) is 2.83. The number of hydrogen-bond donors (Lipinski definition) is 5. The molecule has 184 valence electrons. The van der Waals surface area contributed by atoms with Crippen molar-refractivity contribution in [1.29, 1.82) is 0 Å². The molecule has 10 heteroatoms. The SMILES string of the molecule is CN1c2cc(N)ccc2C(Nc2ccc(NS(=O)(=O)CCCCN=C(N)N)cc2)=C2C=CC=CC21. The highest BCUT2D eigenvalue weighted by atomic mass is 32.2. The summed E-state index contributed by atoms with van der Waals surface area (Å²) in [7, 11) is -1.41. The third-order valence-corrected chi connectivity index (χ3v) is 7.29. The first-order chi connectivity index (χ1) is 16.7. The molecule has 0 fully saturated rings. The van der Waals surface area contributed by atoms with Gasteiger partial charge in [-0.3, -0.25) is 9.71 Å². The molecule has 0 amide bonds. The number of guanidine groups is 1. The minimum atomic E-state index is -3.47. The van der Waals surface area contributed by atoms with E-state index in [1.165, 1.54) is 0 Å². The Kier molecular flexibility index (Phi) is 7.02. The quantitative estimate of drug-likeness (QED) is 0.156. The summed E-state index contributed by atoms with van der Waals surface area (Å²) in [5, 5.41) is 3.54. The molecule has 0 spiro atoms. The third-order valence-electron chi connectivity index (χ3n) is 5.92. The molecule has 1 atom stereocenters. The summed E-state index contributed by atoms with van der Waals surface area (Å²) in [6, 6.07) is 13.2. The van der Waals surface area contributed by atoms with Crippen LogP contribution in [0.5, 0.6) is 0 Å². The first-order valence-electron chi connectivity index (χ1n) is 11.4. The summed E-state index contributed by atoms with van der Waals surface area (Å²) < 4.78 is 27.4. The largest absolute Gasteiger partial charge is 0.399 e. The second-order valence-corrected chi connectivity index (χ2v) is 10.4. The van der Waals surface area contributed by atoms with Crippen LogP contribution in [0.25, 0.3) is 5.70 Å². The molecule has 4 rings (SSSR count). The maximum Gasteiger partial charge on any atom is 0.232 e. The maximum absolute atomic E-state index is 12.4. The van der Waals surface area contributed by atoms with Gasteiger partial charge in [0.05, 0.1) is 17.5 Å². The maximum atomic E-state index is 12.4. The molecular weight excluding hydrogens is 462 g/mol. The Morgan fingerprint density at radius 3 is 2.54 bits per heavy atom. The van der Waals surface area contributed by atoms with Gasteiger partial charge in [-0.1, -0.05) is 24.3 Å². The molecule has 0 aromatic heterocycles. The fourth-order valence-electron chi connectivity index (χ4n) is 4.21. The second-order valence-electron chi connectivity index (χ2n) is 8.54. The van der Waals surface area contributed by atoms with Crippen LogP contribution < -0.4 is 32.1 Å². The number of nitrogens with one attached hydrogen (secondary N) is 2. The van der Waals surface area contributed by atoms with Crippen molar-refractivity contribution in [3.8, 4) is 0 Å². The topological polar surface area (TPSA) is 152 Å². The molecule has 1 unspecified atom stereocenters. The Labute approximate surface area is 206 Å². The van der Waals surface area contributed by atoms with Gasteiger partial charge in [-0.2, -0.15) is 0 Å². The molecule has 35 heavy (non-hydrogen) atoms. The molecule has 2 aliphatic rings. The number of hydrogen-bond acceptors (Lipinski definition) is 6. The van der Waals surface area contributed by atoms with E-state index >= 15 is 0 Å². The third kappa shape index (κ3) is 5.78. The van der Waals surface area contributed by atoms with E-state index in [1.54, 1.807) is 12.1 Å². The second kappa shape index (κ2) is 10.1. The van der Waals surface area contributed by atoms with Crippen molar-refractivity contribution in [2.45, 2.75) is 18.9 Å². The Morgan fingerprint density at radius 1 is 1.06 bits per heavy atom. The summed E-state index contributed by atoms with van der Waals surface area (Å²) in [4.78, 5) is 6.07. The standard InChI is InChI=1S/C25H31N7O2S/c1-32-22-7-3-2-6-20(22)24(21-13-8-17(26)16-23(21)32)30-18-9-11-19(12-10-18)31-35(33,34)15-5-4-14-29-25(27)28/h2-3,6-13,16,22,30-31H,4-5,14-15,26H2,1H3,(H4,27,28,29). The summed E-state index contributed by atoms with van der Waals surface area (Å²) in [6.07, 6.45) is 9.38. The summed E-state index contributed by atoms with van der Waals surface area (Å²) in [5.41, 5.74) is 22.9. The fraction of sp³-hybridized carbons (Fsp3) is 0.240. The van der Waals surface area contributed by atoms with Gasteiger partial charge in [-0.15, -0.1) is 0 Å². The zero-order valence-corrected chi connectivity index (χ0v) is 20.4. The zero-order chi connectivity index (χ0) is 25.0. The normalized spacial score (nSPS) is 16.5. The lowest BCUT2D eigenvalue weighted by atomic mass is 9.89. The molecule has 9 nitrogen and oxygen atoms in total. The number of anilines is 4. The van der Waals surface area contributed by atoms with Crippen LogP contribution in [-0.2, 0) is 10.0 Å². The van der Waals surface area contributed by atoms with Gasteiger partial charge in [0.2, 0.25) is 10.0 Å². The van der Waals surface area contributed by atoms with E-state index in [2.05, 4.69) is 39.1 Å². The van der Waals surface area contributed by atoms with Crippen molar-refractivity contribution in [2.75, 3.05) is 40.0 Å². The van der Waals surface area contributed by atoms with Gasteiger partial charge < -0.3 is 27.4 Å². The van der Waals surface area contributed by atoms with Gasteiger partial charge in [0.25, 0.3) is 0 Å². The van der Waals surface area contributed by atoms with Crippen LogP contribution in [0.4, 0.5) is 22.7 Å². The van der Waals surface area contributed by atoms with E-state index in [4.69, 9.17) is 17.2 Å². The molecule has 1 aliphatic carbocycles. The van der Waals surface area contributed by atoms with Gasteiger partial charge in [0.15, 0.2) is 5.96 Å². The minimum absolute atomic E-state index is 0.00207. The van der Waals surface area contributed by atoms with Crippen LogP contribution in [0.2, 0.25) is 0 Å². The van der Waals surface area contributed by atoms with Crippen LogP contribution in [0.15, 0.2) is 77.3 Å². The van der Waals surface area contributed by atoms with Gasteiger partial charge in [-0.25, -0.2) is 8.42 Å². The number of aliphatic imine (C=N–C) groups is 1. The Morgan fingerprint density at radius 2 is 1.80 bits per heavy atom. The van der Waals surface area contributed by atoms with Crippen LogP contribution in [0.3, 0.4) is 0 Å². The Bertz CT molecular complexity index is 1310. The molecule has 1 aliphatic heterocycles. The van der Waals surface area contributed by atoms with E-state index in [-0.39, 0.29) is 17.8 Å². The van der Waals surface area contributed by atoms with Crippen LogP contribution in [0, 0.1) is 0 Å². The van der Waals surface area contributed by atoms with Gasteiger partial charge in [-0.05, 0) is 55.3 Å². The predicted molar refractivity (Wildman–Crippen MR) is 146 cm³/mol. The number of nitrogens with zero attached hydrogens (tertiary/aromatic N) is 2. The summed E-state index contributed by atoms with van der Waals surface area (Å²) >= 11 is 0. The van der Waals surface area contributed by atoms with E-state index in [0.717, 1.165) is 28.2 Å². The van der Waals surface area contributed by atoms with Gasteiger partial charge in [0.1, 0.15) is 0 Å². The average Bonchev–Trinajstić information content (AvgIpc) is 2.82. The van der Waals surface area contributed by atoms with Crippen molar-refractivity contribution < 1.29 is 8.42 Å². The van der Waals surface area contributed by atoms with Gasteiger partial charge >= 0.3 is 0 Å². The highest BCUT2D eigenvalue weighted by Gasteiger charge is 2.29. The highest BCUT2D eigenvalue weighted by molar-refractivity contribution is 7.92. The average molecular weight is 494 g/mol. The van der Waals surface area contributed by atoms with Crippen LogP contribution in [-0.4, -0.2) is 39.8 Å². The van der Waals surface area contributed by atoms with Crippen LogP contribution in [0.1, 0.15) is 18.4 Å².